The van der Waals surface area contributed by atoms with Gasteiger partial charge in [0.15, 0.2) is 0 Å². The average molecular weight is 967 g/mol. The first-order chi connectivity index (χ1) is 32.6. The summed E-state index contributed by atoms with van der Waals surface area (Å²) in [6.45, 7) is 5.73. The van der Waals surface area contributed by atoms with E-state index in [2.05, 4.69) is 16.0 Å². The number of benzene rings is 3. The Morgan fingerprint density at radius 2 is 0.985 bits per heavy atom. The molecule has 0 bridgehead atoms. The van der Waals surface area contributed by atoms with Crippen molar-refractivity contribution < 1.29 is 65.7 Å². The molecule has 374 valence electrons. The number of nitrogens with one attached hydrogen (secondary N) is 5. The summed E-state index contributed by atoms with van der Waals surface area (Å²) in [4.78, 5) is 83.3. The first-order valence-corrected chi connectivity index (χ1v) is 24.9. The molecular formula is C50H72N5O12S+. The highest BCUT2D eigenvalue weighted by atomic mass is 32.2. The summed E-state index contributed by atoms with van der Waals surface area (Å²) < 4.78 is 52.2. The molecule has 3 aromatic rings. The Balaban J connectivity index is 2.28. The smallest absolute Gasteiger partial charge is 0.293 e. The molecule has 0 fully saturated rings. The van der Waals surface area contributed by atoms with Gasteiger partial charge in [-0.1, -0.05) is 105 Å². The quantitative estimate of drug-likeness (QED) is 0.0321. The number of rotatable bonds is 34. The number of quaternary nitrogens is 2. The average Bonchev–Trinajstić information content (AvgIpc) is 3.30. The van der Waals surface area contributed by atoms with Crippen LogP contribution in [0.15, 0.2) is 91.0 Å². The molecule has 0 saturated heterocycles. The van der Waals surface area contributed by atoms with Crippen LogP contribution in [-0.4, -0.2) is 135 Å². The van der Waals surface area contributed by atoms with E-state index in [0.29, 0.717) is 44.5 Å². The summed E-state index contributed by atoms with van der Waals surface area (Å²) in [5.41, 5.74) is 2.20. The highest BCUT2D eigenvalue weighted by molar-refractivity contribution is 7.85. The zero-order valence-electron chi connectivity index (χ0n) is 40.2. The van der Waals surface area contributed by atoms with E-state index in [0.717, 1.165) is 20.9 Å². The predicted molar refractivity (Wildman–Crippen MR) is 254 cm³/mol. The summed E-state index contributed by atoms with van der Waals surface area (Å²) in [6.07, 6.45) is -3.07. The van der Waals surface area contributed by atoms with Gasteiger partial charge in [0.2, 0.25) is 17.7 Å². The molecule has 5 N–H and O–H groups in total. The minimum absolute atomic E-state index is 0.0881. The van der Waals surface area contributed by atoms with Crippen LogP contribution < -0.4 is 25.8 Å². The number of amides is 3. The molecule has 9 unspecified atom stereocenters. The van der Waals surface area contributed by atoms with Crippen molar-refractivity contribution in [2.24, 2.45) is 17.8 Å². The molecule has 0 aliphatic heterocycles. The summed E-state index contributed by atoms with van der Waals surface area (Å²) in [6, 6.07) is 27.4. The first kappa shape index (κ1) is 56.6. The van der Waals surface area contributed by atoms with Crippen LogP contribution >= 0.6 is 0 Å². The lowest BCUT2D eigenvalue weighted by molar-refractivity contribution is -0.856. The molecule has 3 rings (SSSR count). The van der Waals surface area contributed by atoms with Crippen LogP contribution in [-0.2, 0) is 53.1 Å². The van der Waals surface area contributed by atoms with Crippen LogP contribution in [0.5, 0.6) is 0 Å². The van der Waals surface area contributed by atoms with E-state index in [1.807, 2.05) is 90.6 Å². The molecule has 0 radical (unpaired) electrons. The van der Waals surface area contributed by atoms with Crippen LogP contribution in [0.3, 0.4) is 0 Å². The van der Waals surface area contributed by atoms with Crippen molar-refractivity contribution in [3.8, 4) is 0 Å². The van der Waals surface area contributed by atoms with Gasteiger partial charge in [0.1, 0.15) is 18.3 Å². The molecule has 0 aliphatic rings. The minimum atomic E-state index is -4.72. The fraction of sp³-hybridized carbons (Fsp3) is 0.520. The topological polar surface area (TPSA) is 232 Å². The Morgan fingerprint density at radius 1 is 0.574 bits per heavy atom. The van der Waals surface area contributed by atoms with Crippen LogP contribution in [0.1, 0.15) is 80.4 Å². The monoisotopic (exact) mass is 966 g/mol. The maximum Gasteiger partial charge on any atom is 0.293 e. The van der Waals surface area contributed by atoms with Crippen LogP contribution in [0.4, 0.5) is 0 Å². The molecular weight excluding hydrogens is 895 g/mol. The molecule has 0 heterocycles. The number of likely N-dealkylation sites (N-methyl/N-ethyl adjacent to an activating group) is 2. The third-order valence-electron chi connectivity index (χ3n) is 12.4. The van der Waals surface area contributed by atoms with E-state index >= 15 is 0 Å². The third kappa shape index (κ3) is 18.4. The number of carbonyl (C=O) groups is 6. The number of carbonyl (C=O) groups excluding carboxylic acids is 6. The standard InChI is InChI=1S/C50H71N5O12S/c1-7-39(36-18-12-9-13-19-36)45(49(60)51-26-29-54(3)4)44(66-34-57)32-42(38-22-16-11-17-23-38)46(50(61)52-27-30-55(5)6)43(65-33-56)25-24-41(48(59)53-28-31-68(62,63)64)47(67-35-58)40(8-2)37-20-14-10-15-21-37/h9-23,33-35,39-47H,7-8,24-32H2,1-6H3,(H,51,60)(H,52,61)(H,53,59)(H,62,63,64)/p+1. The summed E-state index contributed by atoms with van der Waals surface area (Å²) >= 11 is 0. The predicted octanol–water partition coefficient (Wildman–Crippen LogP) is 0.984. The van der Waals surface area contributed by atoms with E-state index in [1.54, 1.807) is 42.5 Å². The van der Waals surface area contributed by atoms with Gasteiger partial charge in [0.25, 0.3) is 19.4 Å². The maximum atomic E-state index is 15.0. The molecule has 9 atom stereocenters. The highest BCUT2D eigenvalue weighted by Gasteiger charge is 2.45. The molecule has 18 heteroatoms. The first-order valence-electron chi connectivity index (χ1n) is 23.4. The summed E-state index contributed by atoms with van der Waals surface area (Å²) in [5, 5.41) is 8.60. The lowest BCUT2D eigenvalue weighted by atomic mass is 9.72. The lowest BCUT2D eigenvalue weighted by Crippen LogP contribution is -3.06. The van der Waals surface area contributed by atoms with E-state index in [1.165, 1.54) is 0 Å². The largest absolute Gasteiger partial charge is 0.748 e. The molecule has 3 amide bonds. The molecule has 68 heavy (non-hydrogen) atoms. The molecule has 0 spiro atoms. The van der Waals surface area contributed by atoms with Gasteiger partial charge >= 0.3 is 0 Å². The number of hydrogen-bond acceptors (Lipinski definition) is 12. The fourth-order valence-corrected chi connectivity index (χ4v) is 9.39. The molecule has 0 aliphatic carbocycles. The van der Waals surface area contributed by atoms with Gasteiger partial charge in [0.05, 0.1) is 88.0 Å². The zero-order chi connectivity index (χ0) is 50.1. The van der Waals surface area contributed by atoms with Crippen molar-refractivity contribution in [2.45, 2.75) is 82.0 Å². The van der Waals surface area contributed by atoms with Gasteiger partial charge in [-0.2, -0.15) is 0 Å². The number of ether oxygens (including phenoxy) is 3. The Kier molecular flexibility index (Phi) is 24.9. The van der Waals surface area contributed by atoms with Gasteiger partial charge in [-0.15, -0.1) is 0 Å². The van der Waals surface area contributed by atoms with Crippen LogP contribution in [0, 0.1) is 17.8 Å². The molecule has 3 aromatic carbocycles. The van der Waals surface area contributed by atoms with E-state index in [9.17, 15) is 41.7 Å². The van der Waals surface area contributed by atoms with Crippen molar-refractivity contribution in [1.82, 2.24) is 16.0 Å². The Bertz CT molecular complexity index is 2080. The van der Waals surface area contributed by atoms with E-state index in [-0.39, 0.29) is 44.7 Å². The Hall–Kier alpha value is -5.69. The van der Waals surface area contributed by atoms with Gasteiger partial charge in [0, 0.05) is 18.4 Å². The molecule has 0 aromatic heterocycles. The van der Waals surface area contributed by atoms with Crippen molar-refractivity contribution in [1.29, 1.82) is 0 Å². The fourth-order valence-electron chi connectivity index (χ4n) is 9.04. The van der Waals surface area contributed by atoms with Crippen molar-refractivity contribution in [2.75, 3.05) is 66.7 Å². The highest BCUT2D eigenvalue weighted by Crippen LogP contribution is 2.41. The van der Waals surface area contributed by atoms with Gasteiger partial charge in [-0.3, -0.25) is 28.8 Å². The van der Waals surface area contributed by atoms with E-state index in [4.69, 9.17) is 14.2 Å². The van der Waals surface area contributed by atoms with Gasteiger partial charge in [-0.25, -0.2) is 8.42 Å². The second-order valence-electron chi connectivity index (χ2n) is 17.6. The lowest BCUT2D eigenvalue weighted by Gasteiger charge is -2.38. The van der Waals surface area contributed by atoms with Crippen molar-refractivity contribution in [3.05, 3.63) is 108 Å². The zero-order valence-corrected chi connectivity index (χ0v) is 41.0. The number of hydrogen-bond donors (Lipinski definition) is 5. The minimum Gasteiger partial charge on any atom is -0.748 e. The SMILES string of the molecule is CCC(c1ccccc1)C(OC=O)C(CCC(OC=O)C(C(=O)NCC[NH+](C)C)C(CC(OC=O)C(C(=O)NCC[NH+](C)C)C(CC)c1ccccc1)c1ccccc1)C(=O)NCCS(=O)(=O)[O-]. The van der Waals surface area contributed by atoms with Gasteiger partial charge in [-0.05, 0) is 54.7 Å². The second-order valence-corrected chi connectivity index (χ2v) is 19.2. The molecule has 0 saturated carbocycles. The van der Waals surface area contributed by atoms with Crippen molar-refractivity contribution in [3.63, 3.8) is 0 Å². The van der Waals surface area contributed by atoms with E-state index < -0.39 is 88.0 Å². The normalized spacial score (nSPS) is 15.5. The summed E-state index contributed by atoms with van der Waals surface area (Å²) in [7, 11) is 3.06. The summed E-state index contributed by atoms with van der Waals surface area (Å²) in [5.74, 6) is -7.76. The van der Waals surface area contributed by atoms with Gasteiger partial charge < -0.3 is 44.5 Å². The Labute approximate surface area is 401 Å². The third-order valence-corrected chi connectivity index (χ3v) is 13.1. The second kappa shape index (κ2) is 29.9. The maximum absolute atomic E-state index is 15.0. The van der Waals surface area contributed by atoms with Crippen molar-refractivity contribution >= 4 is 47.3 Å². The van der Waals surface area contributed by atoms with Crippen LogP contribution in [0.25, 0.3) is 0 Å². The van der Waals surface area contributed by atoms with Crippen LogP contribution in [0.2, 0.25) is 0 Å². The molecule has 17 nitrogen and oxygen atoms in total. The Morgan fingerprint density at radius 3 is 1.41 bits per heavy atom.